The second kappa shape index (κ2) is 8.09. The molecule has 2 rings (SSSR count). The van der Waals surface area contributed by atoms with Crippen LogP contribution in [0.25, 0.3) is 0 Å². The average Bonchev–Trinajstić information content (AvgIpc) is 2.53. The standard InChI is InChI=1S/C16H20N2O5S/c17-14-1-3-16(4-2-14)23-12-15(19)11-18-8-5-13(6-9-18)7-10-24(20,21)22/h1-6,8-9,15,19H,7,10-12,17H2/t15-/m0/s1. The number of anilines is 1. The molecule has 0 aliphatic carbocycles. The highest BCUT2D eigenvalue weighted by molar-refractivity contribution is 7.85. The number of hydrogen-bond donors (Lipinski definition) is 2. The Bertz CT molecular complexity index is 745. The van der Waals surface area contributed by atoms with E-state index in [1.165, 1.54) is 0 Å². The molecule has 0 amide bonds. The highest BCUT2D eigenvalue weighted by atomic mass is 32.2. The minimum Gasteiger partial charge on any atom is -0.748 e. The van der Waals surface area contributed by atoms with Gasteiger partial charge in [-0.25, -0.2) is 13.0 Å². The summed E-state index contributed by atoms with van der Waals surface area (Å²) in [6, 6.07) is 10.3. The van der Waals surface area contributed by atoms with E-state index in [-0.39, 0.29) is 13.0 Å². The Kier molecular flexibility index (Phi) is 6.13. The van der Waals surface area contributed by atoms with Crippen LogP contribution in [0.1, 0.15) is 5.56 Å². The Balaban J connectivity index is 1.81. The van der Waals surface area contributed by atoms with E-state index in [0.29, 0.717) is 18.0 Å². The molecule has 0 saturated heterocycles. The zero-order valence-corrected chi connectivity index (χ0v) is 13.9. The van der Waals surface area contributed by atoms with E-state index < -0.39 is 22.0 Å². The molecular weight excluding hydrogens is 332 g/mol. The van der Waals surface area contributed by atoms with Crippen LogP contribution in [0.15, 0.2) is 48.8 Å². The molecule has 7 nitrogen and oxygen atoms in total. The zero-order chi connectivity index (χ0) is 17.6. The lowest BCUT2D eigenvalue weighted by atomic mass is 10.2. The summed E-state index contributed by atoms with van der Waals surface area (Å²) >= 11 is 0. The quantitative estimate of drug-likeness (QED) is 0.395. The number of nitrogen functional groups attached to an aromatic ring is 1. The van der Waals surface area contributed by atoms with Crippen molar-refractivity contribution in [3.05, 3.63) is 54.4 Å². The van der Waals surface area contributed by atoms with Crippen molar-refractivity contribution in [3.8, 4) is 5.75 Å². The molecule has 1 aromatic carbocycles. The number of ether oxygens (including phenoxy) is 1. The third-order valence-electron chi connectivity index (χ3n) is 3.34. The first kappa shape index (κ1) is 18.2. The first-order chi connectivity index (χ1) is 11.3. The summed E-state index contributed by atoms with van der Waals surface area (Å²) in [6.45, 7) is 0.461. The maximum Gasteiger partial charge on any atom is 0.177 e. The summed E-state index contributed by atoms with van der Waals surface area (Å²) in [5, 5.41) is 10.0. The Morgan fingerprint density at radius 1 is 1.17 bits per heavy atom. The number of aromatic nitrogens is 1. The fourth-order valence-corrected chi connectivity index (χ4v) is 2.56. The van der Waals surface area contributed by atoms with Crippen LogP contribution in [0.3, 0.4) is 0 Å². The highest BCUT2D eigenvalue weighted by Gasteiger charge is 2.12. The molecule has 0 bridgehead atoms. The van der Waals surface area contributed by atoms with Crippen LogP contribution in [0.4, 0.5) is 5.69 Å². The van der Waals surface area contributed by atoms with Crippen molar-refractivity contribution in [1.29, 1.82) is 0 Å². The minimum absolute atomic E-state index is 0.132. The molecule has 0 unspecified atom stereocenters. The summed E-state index contributed by atoms with van der Waals surface area (Å²) in [6.07, 6.45) is 2.91. The summed E-state index contributed by atoms with van der Waals surface area (Å²) in [5.74, 6) is 0.206. The van der Waals surface area contributed by atoms with Gasteiger partial charge in [0.1, 0.15) is 18.5 Å². The molecule has 8 heteroatoms. The molecule has 130 valence electrons. The van der Waals surface area contributed by atoms with E-state index in [2.05, 4.69) is 0 Å². The average molecular weight is 352 g/mol. The molecule has 1 aromatic heterocycles. The lowest BCUT2D eigenvalue weighted by Crippen LogP contribution is -2.41. The Hall–Kier alpha value is -2.16. The fourth-order valence-electron chi connectivity index (χ4n) is 2.07. The maximum absolute atomic E-state index is 10.6. The molecule has 0 saturated carbocycles. The number of aryl methyl sites for hydroxylation is 1. The van der Waals surface area contributed by atoms with Gasteiger partial charge in [-0.15, -0.1) is 0 Å². The van der Waals surface area contributed by atoms with Crippen LogP contribution in [0, 0.1) is 0 Å². The Morgan fingerprint density at radius 2 is 1.79 bits per heavy atom. The van der Waals surface area contributed by atoms with Crippen molar-refractivity contribution < 1.29 is 27.4 Å². The fraction of sp³-hybridized carbons (Fsp3) is 0.312. The van der Waals surface area contributed by atoms with Crippen LogP contribution in [-0.4, -0.2) is 36.5 Å². The second-order valence-corrected chi connectivity index (χ2v) is 6.97. The number of pyridine rings is 1. The van der Waals surface area contributed by atoms with Crippen molar-refractivity contribution in [2.24, 2.45) is 0 Å². The van der Waals surface area contributed by atoms with E-state index in [0.717, 1.165) is 5.56 Å². The molecule has 1 heterocycles. The molecule has 1 atom stereocenters. The smallest absolute Gasteiger partial charge is 0.177 e. The van der Waals surface area contributed by atoms with E-state index >= 15 is 0 Å². The molecule has 3 N–H and O–H groups in total. The first-order valence-electron chi connectivity index (χ1n) is 7.40. The number of rotatable bonds is 8. The summed E-state index contributed by atoms with van der Waals surface area (Å²) in [5.41, 5.74) is 6.97. The molecule has 0 aliphatic rings. The van der Waals surface area contributed by atoms with Gasteiger partial charge in [0.15, 0.2) is 18.9 Å². The number of hydrogen-bond acceptors (Lipinski definition) is 6. The van der Waals surface area contributed by atoms with Crippen molar-refractivity contribution in [2.75, 3.05) is 18.1 Å². The van der Waals surface area contributed by atoms with Crippen LogP contribution in [-0.2, 0) is 23.1 Å². The van der Waals surface area contributed by atoms with Gasteiger partial charge < -0.3 is 20.1 Å². The van der Waals surface area contributed by atoms with Gasteiger partial charge in [0.25, 0.3) is 0 Å². The zero-order valence-electron chi connectivity index (χ0n) is 13.0. The van der Waals surface area contributed by atoms with Crippen molar-refractivity contribution in [1.82, 2.24) is 0 Å². The second-order valence-electron chi connectivity index (χ2n) is 5.45. The third kappa shape index (κ3) is 6.53. The lowest BCUT2D eigenvalue weighted by Gasteiger charge is -2.10. The van der Waals surface area contributed by atoms with Crippen molar-refractivity contribution in [3.63, 3.8) is 0 Å². The number of benzene rings is 1. The van der Waals surface area contributed by atoms with Gasteiger partial charge in [0, 0.05) is 23.6 Å². The van der Waals surface area contributed by atoms with Gasteiger partial charge in [0.05, 0.1) is 10.1 Å². The molecule has 0 fully saturated rings. The van der Waals surface area contributed by atoms with Crippen LogP contribution in [0.5, 0.6) is 5.75 Å². The monoisotopic (exact) mass is 352 g/mol. The minimum atomic E-state index is -4.21. The van der Waals surface area contributed by atoms with E-state index in [4.69, 9.17) is 10.5 Å². The Morgan fingerprint density at radius 3 is 2.38 bits per heavy atom. The van der Waals surface area contributed by atoms with Gasteiger partial charge in [-0.2, -0.15) is 0 Å². The summed E-state index contributed by atoms with van der Waals surface area (Å²) in [4.78, 5) is 0. The normalized spacial score (nSPS) is 12.8. The van der Waals surface area contributed by atoms with Crippen LogP contribution >= 0.6 is 0 Å². The van der Waals surface area contributed by atoms with Crippen LogP contribution < -0.4 is 15.0 Å². The van der Waals surface area contributed by atoms with Crippen molar-refractivity contribution >= 4 is 15.8 Å². The lowest BCUT2D eigenvalue weighted by molar-refractivity contribution is -0.703. The number of nitrogens with two attached hydrogens (primary N) is 1. The number of aliphatic hydroxyl groups is 1. The van der Waals surface area contributed by atoms with Crippen LogP contribution in [0.2, 0.25) is 0 Å². The largest absolute Gasteiger partial charge is 0.748 e. The highest BCUT2D eigenvalue weighted by Crippen LogP contribution is 2.13. The topological polar surface area (TPSA) is 117 Å². The predicted molar refractivity (Wildman–Crippen MR) is 87.3 cm³/mol. The summed E-state index contributed by atoms with van der Waals surface area (Å²) in [7, 11) is -4.21. The van der Waals surface area contributed by atoms with Gasteiger partial charge in [0.2, 0.25) is 0 Å². The SMILES string of the molecule is Nc1ccc(OC[C@@H](O)C[n+]2ccc(CCS(=O)(=O)[O-])cc2)cc1. The molecule has 0 spiro atoms. The van der Waals surface area contributed by atoms with Gasteiger partial charge in [-0.3, -0.25) is 0 Å². The molecule has 0 radical (unpaired) electrons. The number of nitrogens with zero attached hydrogens (tertiary/aromatic N) is 1. The van der Waals surface area contributed by atoms with Crippen molar-refractivity contribution in [2.45, 2.75) is 19.1 Å². The first-order valence-corrected chi connectivity index (χ1v) is 8.97. The van der Waals surface area contributed by atoms with E-state index in [9.17, 15) is 18.1 Å². The van der Waals surface area contributed by atoms with Gasteiger partial charge in [-0.1, -0.05) is 0 Å². The molecule has 2 aromatic rings. The number of aliphatic hydroxyl groups excluding tert-OH is 1. The molecule has 24 heavy (non-hydrogen) atoms. The third-order valence-corrected chi connectivity index (χ3v) is 4.05. The Labute approximate surface area is 141 Å². The predicted octanol–water partition coefficient (Wildman–Crippen LogP) is 0.0839. The molecule has 0 aliphatic heterocycles. The van der Waals surface area contributed by atoms with E-state index in [1.807, 2.05) is 0 Å². The maximum atomic E-state index is 10.6. The summed E-state index contributed by atoms with van der Waals surface area (Å²) < 4.78 is 39.1. The van der Waals surface area contributed by atoms with Gasteiger partial charge >= 0.3 is 0 Å². The van der Waals surface area contributed by atoms with Gasteiger partial charge in [-0.05, 0) is 36.2 Å². The molecular formula is C16H20N2O5S. The van der Waals surface area contributed by atoms with E-state index in [1.54, 1.807) is 53.4 Å².